The highest BCUT2D eigenvalue weighted by molar-refractivity contribution is 9.10. The third-order valence-electron chi connectivity index (χ3n) is 2.20. The van der Waals surface area contributed by atoms with E-state index in [0.29, 0.717) is 10.9 Å². The number of hydrogen-bond donors (Lipinski definition) is 0. The van der Waals surface area contributed by atoms with Crippen LogP contribution in [0.5, 0.6) is 0 Å². The molecule has 0 saturated heterocycles. The number of rotatable bonds is 3. The molecule has 0 aliphatic heterocycles. The summed E-state index contributed by atoms with van der Waals surface area (Å²) in [6.45, 7) is 1.90. The van der Waals surface area contributed by atoms with Gasteiger partial charge in [-0.2, -0.15) is 0 Å². The Kier molecular flexibility index (Phi) is 4.90. The van der Waals surface area contributed by atoms with Gasteiger partial charge in [0.15, 0.2) is 0 Å². The predicted molar refractivity (Wildman–Crippen MR) is 80.5 cm³/mol. The van der Waals surface area contributed by atoms with Crippen LogP contribution in [0.15, 0.2) is 33.6 Å². The highest BCUT2D eigenvalue weighted by Gasteiger charge is 2.07. The van der Waals surface area contributed by atoms with Gasteiger partial charge in [0.05, 0.1) is 15.9 Å². The van der Waals surface area contributed by atoms with Crippen LogP contribution in [0.4, 0.5) is 0 Å². The molecule has 0 spiro atoms. The van der Waals surface area contributed by atoms with E-state index >= 15 is 0 Å². The molecule has 1 aromatic heterocycles. The number of benzene rings is 1. The lowest BCUT2D eigenvalue weighted by Gasteiger charge is -2.05. The van der Waals surface area contributed by atoms with Crippen molar-refractivity contribution in [3.8, 4) is 0 Å². The summed E-state index contributed by atoms with van der Waals surface area (Å²) >= 11 is 16.8. The van der Waals surface area contributed by atoms with Gasteiger partial charge in [-0.3, -0.25) is 0 Å². The van der Waals surface area contributed by atoms with Crippen LogP contribution in [0.2, 0.25) is 10.2 Å². The number of aryl methyl sites for hydroxylation is 1. The molecule has 18 heavy (non-hydrogen) atoms. The lowest BCUT2D eigenvalue weighted by Crippen LogP contribution is -1.97. The molecule has 0 radical (unpaired) electrons. The summed E-state index contributed by atoms with van der Waals surface area (Å²) in [7, 11) is 0. The monoisotopic (exact) mass is 362 g/mol. The summed E-state index contributed by atoms with van der Waals surface area (Å²) in [5, 5.41) is 1.19. The minimum atomic E-state index is 0.453. The molecule has 0 atom stereocenters. The maximum absolute atomic E-state index is 6.00. The van der Waals surface area contributed by atoms with Crippen molar-refractivity contribution < 1.29 is 0 Å². The molecule has 2 nitrogen and oxygen atoms in total. The van der Waals surface area contributed by atoms with Crippen LogP contribution >= 0.6 is 50.9 Å². The van der Waals surface area contributed by atoms with E-state index in [0.717, 1.165) is 25.9 Å². The van der Waals surface area contributed by atoms with Gasteiger partial charge in [0, 0.05) is 9.92 Å². The molecule has 1 aromatic carbocycles. The molecular formula is C12H9BrCl2N2S. The van der Waals surface area contributed by atoms with E-state index in [1.807, 2.05) is 31.2 Å². The van der Waals surface area contributed by atoms with Gasteiger partial charge in [0.2, 0.25) is 0 Å². The molecule has 0 unspecified atom stereocenters. The van der Waals surface area contributed by atoms with Crippen LogP contribution in [0.25, 0.3) is 0 Å². The lowest BCUT2D eigenvalue weighted by molar-refractivity contribution is 0.984. The number of nitrogens with zero attached hydrogens (tertiary/aromatic N) is 2. The largest absolute Gasteiger partial charge is 0.236 e. The van der Waals surface area contributed by atoms with E-state index in [4.69, 9.17) is 23.2 Å². The van der Waals surface area contributed by atoms with Crippen molar-refractivity contribution in [2.24, 2.45) is 0 Å². The second kappa shape index (κ2) is 6.24. The summed E-state index contributed by atoms with van der Waals surface area (Å²) in [5.41, 5.74) is 0.849. The fraction of sp³-hybridized carbons (Fsp3) is 0.167. The number of halogens is 3. The molecule has 0 N–H and O–H groups in total. The maximum atomic E-state index is 6.00. The molecule has 94 valence electrons. The van der Waals surface area contributed by atoms with Crippen LogP contribution in [0.3, 0.4) is 0 Å². The molecule has 6 heteroatoms. The van der Waals surface area contributed by atoms with E-state index < -0.39 is 0 Å². The van der Waals surface area contributed by atoms with Gasteiger partial charge in [-0.05, 0) is 47.1 Å². The van der Waals surface area contributed by atoms with E-state index in [9.17, 15) is 0 Å². The average molecular weight is 364 g/mol. The Morgan fingerprint density at radius 2 is 1.83 bits per heavy atom. The van der Waals surface area contributed by atoms with E-state index in [1.165, 1.54) is 0 Å². The topological polar surface area (TPSA) is 25.8 Å². The summed E-state index contributed by atoms with van der Waals surface area (Å²) in [4.78, 5) is 9.73. The maximum Gasteiger partial charge on any atom is 0.147 e. The number of thioether (sulfide) groups is 1. The molecule has 0 aliphatic rings. The van der Waals surface area contributed by atoms with Crippen molar-refractivity contribution in [1.82, 2.24) is 9.97 Å². The van der Waals surface area contributed by atoms with Gasteiger partial charge in [-0.25, -0.2) is 9.97 Å². The standard InChI is InChI=1S/C12H9BrCl2N2S/c1-7-11(13)12(15)17-10(16-7)6-18-9-4-2-8(14)3-5-9/h2-5H,6H2,1H3. The minimum absolute atomic E-state index is 0.453. The van der Waals surface area contributed by atoms with Crippen molar-refractivity contribution in [2.75, 3.05) is 0 Å². The normalized spacial score (nSPS) is 10.7. The van der Waals surface area contributed by atoms with Crippen molar-refractivity contribution in [3.05, 3.63) is 50.4 Å². The van der Waals surface area contributed by atoms with Crippen LogP contribution in [-0.2, 0) is 5.75 Å². The summed E-state index contributed by atoms with van der Waals surface area (Å²) < 4.78 is 0.754. The number of hydrogen-bond acceptors (Lipinski definition) is 3. The zero-order chi connectivity index (χ0) is 13.1. The molecule has 1 heterocycles. The Labute approximate surface area is 128 Å². The lowest BCUT2D eigenvalue weighted by atomic mass is 10.4. The van der Waals surface area contributed by atoms with E-state index in [1.54, 1.807) is 11.8 Å². The first-order valence-corrected chi connectivity index (χ1v) is 7.66. The summed E-state index contributed by atoms with van der Waals surface area (Å²) in [6.07, 6.45) is 0. The van der Waals surface area contributed by atoms with Gasteiger partial charge in [-0.15, -0.1) is 11.8 Å². The van der Waals surface area contributed by atoms with E-state index in [-0.39, 0.29) is 0 Å². The first-order valence-electron chi connectivity index (χ1n) is 5.13. The highest BCUT2D eigenvalue weighted by Crippen LogP contribution is 2.26. The van der Waals surface area contributed by atoms with Crippen LogP contribution in [0, 0.1) is 6.92 Å². The fourth-order valence-electron chi connectivity index (χ4n) is 1.32. The van der Waals surface area contributed by atoms with Crippen LogP contribution in [-0.4, -0.2) is 9.97 Å². The average Bonchev–Trinajstić information content (AvgIpc) is 2.35. The van der Waals surface area contributed by atoms with Gasteiger partial charge < -0.3 is 0 Å². The minimum Gasteiger partial charge on any atom is -0.236 e. The first kappa shape index (κ1) is 14.1. The van der Waals surface area contributed by atoms with Crippen molar-refractivity contribution in [3.63, 3.8) is 0 Å². The molecule has 2 rings (SSSR count). The Balaban J connectivity index is 2.08. The number of aromatic nitrogens is 2. The quantitative estimate of drug-likeness (QED) is 0.557. The molecule has 0 amide bonds. The highest BCUT2D eigenvalue weighted by atomic mass is 79.9. The van der Waals surface area contributed by atoms with Gasteiger partial charge in [0.25, 0.3) is 0 Å². The smallest absolute Gasteiger partial charge is 0.147 e. The Hall–Kier alpha value is -0.290. The Morgan fingerprint density at radius 1 is 1.17 bits per heavy atom. The molecule has 0 aliphatic carbocycles. The SMILES string of the molecule is Cc1nc(CSc2ccc(Cl)cc2)nc(Cl)c1Br. The molecule has 0 saturated carbocycles. The molecule has 0 bridgehead atoms. The summed E-state index contributed by atoms with van der Waals surface area (Å²) in [5.74, 6) is 1.40. The summed E-state index contributed by atoms with van der Waals surface area (Å²) in [6, 6.07) is 7.68. The zero-order valence-corrected chi connectivity index (χ0v) is 13.4. The third-order valence-corrected chi connectivity index (χ3v) is 4.92. The van der Waals surface area contributed by atoms with E-state index in [2.05, 4.69) is 25.9 Å². The second-order valence-electron chi connectivity index (χ2n) is 3.57. The van der Waals surface area contributed by atoms with Crippen LogP contribution < -0.4 is 0 Å². The van der Waals surface area contributed by atoms with Crippen molar-refractivity contribution in [2.45, 2.75) is 17.6 Å². The zero-order valence-electron chi connectivity index (χ0n) is 9.45. The molecular weight excluding hydrogens is 355 g/mol. The first-order chi connectivity index (χ1) is 8.56. The van der Waals surface area contributed by atoms with Crippen molar-refractivity contribution in [1.29, 1.82) is 0 Å². The third kappa shape index (κ3) is 3.60. The van der Waals surface area contributed by atoms with Gasteiger partial charge in [-0.1, -0.05) is 23.2 Å². The Morgan fingerprint density at radius 3 is 2.44 bits per heavy atom. The Bertz CT molecular complexity index is 537. The van der Waals surface area contributed by atoms with Crippen LogP contribution in [0.1, 0.15) is 11.5 Å². The van der Waals surface area contributed by atoms with Gasteiger partial charge in [0.1, 0.15) is 11.0 Å². The predicted octanol–water partition coefficient (Wildman–Crippen LogP) is 5.15. The van der Waals surface area contributed by atoms with Crippen molar-refractivity contribution >= 4 is 50.9 Å². The fourth-order valence-corrected chi connectivity index (χ4v) is 2.61. The molecule has 0 fully saturated rings. The second-order valence-corrected chi connectivity index (χ2v) is 6.21. The molecule has 2 aromatic rings. The van der Waals surface area contributed by atoms with Gasteiger partial charge >= 0.3 is 0 Å².